The Hall–Kier alpha value is -0.260. The summed E-state index contributed by atoms with van der Waals surface area (Å²) in [6.07, 6.45) is 1.22. The van der Waals surface area contributed by atoms with Gasteiger partial charge in [0.05, 0.1) is 0 Å². The molecule has 2 heterocycles. The fraction of sp³-hybridized carbons (Fsp3) is 0.909. The van der Waals surface area contributed by atoms with Crippen molar-refractivity contribution >= 4 is 17.7 Å². The summed E-state index contributed by atoms with van der Waals surface area (Å²) in [6, 6.07) is 0.610. The second-order valence-electron chi connectivity index (χ2n) is 4.61. The van der Waals surface area contributed by atoms with Crippen molar-refractivity contribution in [3.8, 4) is 0 Å². The Morgan fingerprint density at radius 3 is 3.00 bits per heavy atom. The zero-order valence-corrected chi connectivity index (χ0v) is 10.8. The summed E-state index contributed by atoms with van der Waals surface area (Å²) in [7, 11) is 1.72. The molecule has 0 aromatic rings. The molecule has 2 N–H and O–H groups in total. The first kappa shape index (κ1) is 12.2. The maximum Gasteiger partial charge on any atom is 0.238 e. The highest BCUT2D eigenvalue weighted by Gasteiger charge is 2.36. The van der Waals surface area contributed by atoms with Crippen molar-refractivity contribution in [2.45, 2.75) is 30.7 Å². The molecule has 3 unspecified atom stereocenters. The van der Waals surface area contributed by atoms with Gasteiger partial charge < -0.3 is 10.6 Å². The van der Waals surface area contributed by atoms with Crippen LogP contribution in [-0.4, -0.2) is 60.6 Å². The Kier molecular flexibility index (Phi) is 4.10. The van der Waals surface area contributed by atoms with Crippen LogP contribution in [0.5, 0.6) is 0 Å². The second kappa shape index (κ2) is 5.38. The summed E-state index contributed by atoms with van der Waals surface area (Å²) < 4.78 is 0. The third-order valence-electron chi connectivity index (χ3n) is 3.48. The molecule has 0 spiro atoms. The molecule has 0 saturated carbocycles. The fourth-order valence-corrected chi connectivity index (χ4v) is 3.83. The summed E-state index contributed by atoms with van der Waals surface area (Å²) in [5, 5.41) is 6.82. The molecular weight excluding hydrogens is 222 g/mol. The van der Waals surface area contributed by atoms with Crippen LogP contribution < -0.4 is 10.6 Å². The SMILES string of the molecule is CNC(=O)C1CNCCN1C1CSC(C)C1. The van der Waals surface area contributed by atoms with Gasteiger partial charge in [0.25, 0.3) is 0 Å². The van der Waals surface area contributed by atoms with Gasteiger partial charge in [-0.15, -0.1) is 0 Å². The van der Waals surface area contributed by atoms with Crippen LogP contribution in [0.3, 0.4) is 0 Å². The molecule has 2 aliphatic rings. The maximum atomic E-state index is 11.8. The largest absolute Gasteiger partial charge is 0.358 e. The van der Waals surface area contributed by atoms with Crippen LogP contribution >= 0.6 is 11.8 Å². The van der Waals surface area contributed by atoms with Crippen LogP contribution in [-0.2, 0) is 4.79 Å². The van der Waals surface area contributed by atoms with Gasteiger partial charge in [0.1, 0.15) is 6.04 Å². The number of rotatable bonds is 2. The molecule has 3 atom stereocenters. The van der Waals surface area contributed by atoms with E-state index in [-0.39, 0.29) is 11.9 Å². The molecule has 0 aliphatic carbocycles. The van der Waals surface area contributed by atoms with E-state index in [0.29, 0.717) is 6.04 Å². The number of carbonyl (C=O) groups is 1. The second-order valence-corrected chi connectivity index (χ2v) is 6.08. The van der Waals surface area contributed by atoms with Crippen LogP contribution in [0, 0.1) is 0 Å². The highest BCUT2D eigenvalue weighted by Crippen LogP contribution is 2.30. The van der Waals surface area contributed by atoms with E-state index in [1.54, 1.807) is 7.05 Å². The predicted molar refractivity (Wildman–Crippen MR) is 67.8 cm³/mol. The van der Waals surface area contributed by atoms with Gasteiger partial charge in [-0.3, -0.25) is 9.69 Å². The van der Waals surface area contributed by atoms with E-state index in [1.807, 2.05) is 11.8 Å². The average Bonchev–Trinajstić information content (AvgIpc) is 2.75. The number of hydrogen-bond acceptors (Lipinski definition) is 4. The minimum atomic E-state index is 0.0228. The van der Waals surface area contributed by atoms with Gasteiger partial charge in [0.15, 0.2) is 0 Å². The maximum absolute atomic E-state index is 11.8. The van der Waals surface area contributed by atoms with Crippen LogP contribution in [0.1, 0.15) is 13.3 Å². The molecule has 2 saturated heterocycles. The van der Waals surface area contributed by atoms with E-state index in [2.05, 4.69) is 22.5 Å². The van der Waals surface area contributed by atoms with Crippen molar-refractivity contribution in [3.05, 3.63) is 0 Å². The molecule has 16 heavy (non-hydrogen) atoms. The number of amides is 1. The van der Waals surface area contributed by atoms with Crippen molar-refractivity contribution in [3.63, 3.8) is 0 Å². The molecule has 2 rings (SSSR count). The van der Waals surface area contributed by atoms with E-state index in [9.17, 15) is 4.79 Å². The lowest BCUT2D eigenvalue weighted by atomic mass is 10.1. The quantitative estimate of drug-likeness (QED) is 0.711. The summed E-state index contributed by atoms with van der Waals surface area (Å²) in [6.45, 7) is 5.07. The summed E-state index contributed by atoms with van der Waals surface area (Å²) in [4.78, 5) is 14.2. The van der Waals surface area contributed by atoms with Gasteiger partial charge in [-0.25, -0.2) is 0 Å². The lowest BCUT2D eigenvalue weighted by Crippen LogP contribution is -2.60. The molecule has 0 aromatic heterocycles. The standard InChI is InChI=1S/C11H21N3OS/c1-8-5-9(7-16-8)14-4-3-13-6-10(14)11(15)12-2/h8-10,13H,3-7H2,1-2H3,(H,12,15). The monoisotopic (exact) mass is 243 g/mol. The van der Waals surface area contributed by atoms with Crippen LogP contribution in [0.2, 0.25) is 0 Å². The van der Waals surface area contributed by atoms with E-state index >= 15 is 0 Å². The average molecular weight is 243 g/mol. The summed E-state index contributed by atoms with van der Waals surface area (Å²) in [5.41, 5.74) is 0. The number of nitrogens with zero attached hydrogens (tertiary/aromatic N) is 1. The number of thioether (sulfide) groups is 1. The number of nitrogens with one attached hydrogen (secondary N) is 2. The van der Waals surface area contributed by atoms with Crippen molar-refractivity contribution in [2.24, 2.45) is 0 Å². The molecule has 0 bridgehead atoms. The van der Waals surface area contributed by atoms with Crippen LogP contribution in [0.15, 0.2) is 0 Å². The lowest BCUT2D eigenvalue weighted by molar-refractivity contribution is -0.127. The number of carbonyl (C=O) groups excluding carboxylic acids is 1. The Labute approximate surface area is 102 Å². The van der Waals surface area contributed by atoms with Crippen LogP contribution in [0.25, 0.3) is 0 Å². The fourth-order valence-electron chi connectivity index (χ4n) is 2.59. The molecule has 0 radical (unpaired) electrons. The van der Waals surface area contributed by atoms with E-state index in [4.69, 9.17) is 0 Å². The third kappa shape index (κ3) is 2.52. The van der Waals surface area contributed by atoms with E-state index < -0.39 is 0 Å². The first-order valence-electron chi connectivity index (χ1n) is 6.02. The number of piperazine rings is 1. The van der Waals surface area contributed by atoms with E-state index in [1.165, 1.54) is 12.2 Å². The molecular formula is C11H21N3OS. The smallest absolute Gasteiger partial charge is 0.238 e. The Balaban J connectivity index is 2.01. The van der Waals surface area contributed by atoms with Gasteiger partial charge >= 0.3 is 0 Å². The topological polar surface area (TPSA) is 44.4 Å². The third-order valence-corrected chi connectivity index (χ3v) is 4.82. The molecule has 4 nitrogen and oxygen atoms in total. The molecule has 2 fully saturated rings. The molecule has 1 amide bonds. The first-order chi connectivity index (χ1) is 7.72. The summed E-state index contributed by atoms with van der Waals surface area (Å²) in [5.74, 6) is 1.33. The summed E-state index contributed by atoms with van der Waals surface area (Å²) >= 11 is 2.03. The number of likely N-dealkylation sites (N-methyl/N-ethyl adjacent to an activating group) is 1. The molecule has 0 aromatic carbocycles. The highest BCUT2D eigenvalue weighted by atomic mass is 32.2. The van der Waals surface area contributed by atoms with Gasteiger partial charge in [-0.05, 0) is 6.42 Å². The van der Waals surface area contributed by atoms with Gasteiger partial charge in [0, 0.05) is 43.7 Å². The van der Waals surface area contributed by atoms with Gasteiger partial charge in [0.2, 0.25) is 5.91 Å². The Morgan fingerprint density at radius 1 is 1.56 bits per heavy atom. The zero-order valence-electron chi connectivity index (χ0n) is 10.0. The van der Waals surface area contributed by atoms with Gasteiger partial charge in [-0.2, -0.15) is 11.8 Å². The van der Waals surface area contributed by atoms with Crippen LogP contribution in [0.4, 0.5) is 0 Å². The van der Waals surface area contributed by atoms with Crippen molar-refractivity contribution in [1.82, 2.24) is 15.5 Å². The predicted octanol–water partition coefficient (Wildman–Crippen LogP) is -0.0998. The van der Waals surface area contributed by atoms with E-state index in [0.717, 1.165) is 24.9 Å². The molecule has 5 heteroatoms. The minimum Gasteiger partial charge on any atom is -0.358 e. The molecule has 2 aliphatic heterocycles. The zero-order chi connectivity index (χ0) is 11.5. The lowest BCUT2D eigenvalue weighted by Gasteiger charge is -2.38. The highest BCUT2D eigenvalue weighted by molar-refractivity contribution is 8.00. The van der Waals surface area contributed by atoms with Crippen molar-refractivity contribution in [2.75, 3.05) is 32.4 Å². The van der Waals surface area contributed by atoms with Crippen molar-refractivity contribution < 1.29 is 4.79 Å². The van der Waals surface area contributed by atoms with Crippen molar-refractivity contribution in [1.29, 1.82) is 0 Å². The van der Waals surface area contributed by atoms with Gasteiger partial charge in [-0.1, -0.05) is 6.92 Å². The normalized spacial score (nSPS) is 36.2. The minimum absolute atomic E-state index is 0.0228. The first-order valence-corrected chi connectivity index (χ1v) is 7.07. The molecule has 92 valence electrons. The Morgan fingerprint density at radius 2 is 2.38 bits per heavy atom. The Bertz CT molecular complexity index is 262. The number of hydrogen-bond donors (Lipinski definition) is 2.